The van der Waals surface area contributed by atoms with E-state index in [9.17, 15) is 19.5 Å². The van der Waals surface area contributed by atoms with Gasteiger partial charge in [-0.05, 0) is 43.1 Å². The summed E-state index contributed by atoms with van der Waals surface area (Å²) in [5.74, 6) is 1.05. The number of imidazole rings is 1. The maximum absolute atomic E-state index is 13.7. The molecule has 4 aromatic heterocycles. The first kappa shape index (κ1) is 34.9. The number of nitrogens with two attached hydrogens (primary N) is 1. The number of thiol groups is 1. The molecule has 0 aromatic carbocycles. The third-order valence-electron chi connectivity index (χ3n) is 8.38. The highest BCUT2D eigenvalue weighted by Crippen LogP contribution is 2.57. The molecule has 0 spiro atoms. The summed E-state index contributed by atoms with van der Waals surface area (Å²) in [5.41, 5.74) is 8.61. The van der Waals surface area contributed by atoms with Crippen LogP contribution < -0.4 is 16.4 Å². The molecule has 0 radical (unpaired) electrons. The molecule has 0 aliphatic carbocycles. The molecule has 0 bridgehead atoms. The van der Waals surface area contributed by atoms with Gasteiger partial charge in [-0.1, -0.05) is 12.2 Å². The Kier molecular flexibility index (Phi) is 10.1. The highest BCUT2D eigenvalue weighted by atomic mass is 32.7. The van der Waals surface area contributed by atoms with E-state index in [-0.39, 0.29) is 68.0 Å². The van der Waals surface area contributed by atoms with Crippen molar-refractivity contribution >= 4 is 77.4 Å². The molecule has 0 saturated carbocycles. The standard InChI is InChI=1S/C26H36N10O9P2S2/c27-21-20-24(34-26(33-21)29-6-7-37)36(13-32-20)25-17(8-16(44-25)11-41-46(38,39)48)45-47(40,49)42-10-15-3-4-18(43-15)35-9-14-2-1-5-28-22-19(14)23(35)31-12-30-22/h9,12-13,15-18,25,37H,1-8,10-11H2,(H,40,49)(H,28,30,31)(H2,38,39,48)(H3,27,29,33,34)/t15-,16-,17+,18+,25+,47?/m0/s1. The Morgan fingerprint density at radius 2 is 1.96 bits per heavy atom. The van der Waals surface area contributed by atoms with E-state index in [0.29, 0.717) is 12.8 Å². The molecule has 266 valence electrons. The van der Waals surface area contributed by atoms with Crippen LogP contribution in [0.3, 0.4) is 0 Å². The Balaban J connectivity index is 1.05. The van der Waals surface area contributed by atoms with Crippen molar-refractivity contribution in [1.29, 1.82) is 0 Å². The van der Waals surface area contributed by atoms with Crippen molar-refractivity contribution in [2.24, 2.45) is 0 Å². The van der Waals surface area contributed by atoms with Crippen LogP contribution in [0.4, 0.5) is 17.6 Å². The number of hydrogen-bond acceptors (Lipinski definition) is 16. The minimum Gasteiger partial charge on any atom is -0.395 e. The molecule has 7 heterocycles. The summed E-state index contributed by atoms with van der Waals surface area (Å²) in [6.07, 6.45) is 4.97. The summed E-state index contributed by atoms with van der Waals surface area (Å²) in [4.78, 5) is 41.1. The summed E-state index contributed by atoms with van der Waals surface area (Å²) in [6.45, 7) is -7.46. The largest absolute Gasteiger partial charge is 0.395 e. The van der Waals surface area contributed by atoms with Crippen molar-refractivity contribution in [3.8, 4) is 0 Å². The quantitative estimate of drug-likeness (QED) is 0.0763. The fraction of sp³-hybridized carbons (Fsp3) is 0.577. The van der Waals surface area contributed by atoms with Crippen molar-refractivity contribution in [2.45, 2.75) is 62.9 Å². The van der Waals surface area contributed by atoms with Crippen LogP contribution >= 0.6 is 25.8 Å². The lowest BCUT2D eigenvalue weighted by Crippen LogP contribution is -2.23. The molecule has 2 fully saturated rings. The van der Waals surface area contributed by atoms with E-state index in [1.807, 2.05) is 4.57 Å². The van der Waals surface area contributed by atoms with Crippen LogP contribution in [0.15, 0.2) is 18.9 Å². The van der Waals surface area contributed by atoms with E-state index in [1.165, 1.54) is 16.5 Å². The number of nitrogens with one attached hydrogen (secondary N) is 2. The van der Waals surface area contributed by atoms with Gasteiger partial charge in [-0.3, -0.25) is 13.6 Å². The summed E-state index contributed by atoms with van der Waals surface area (Å²) >= 11 is 8.86. The molecule has 49 heavy (non-hydrogen) atoms. The Labute approximate surface area is 289 Å². The maximum atomic E-state index is 13.7. The number of aryl methyl sites for hydroxylation is 1. The number of nitrogens with zero attached hydrogens (tertiary/aromatic N) is 7. The van der Waals surface area contributed by atoms with Gasteiger partial charge in [0.25, 0.3) is 0 Å². The zero-order chi connectivity index (χ0) is 34.3. The molecule has 6 atom stereocenters. The zero-order valence-corrected chi connectivity index (χ0v) is 29.4. The van der Waals surface area contributed by atoms with Gasteiger partial charge in [-0.2, -0.15) is 9.97 Å². The number of fused-ring (bicyclic) bond motifs is 1. The fourth-order valence-corrected chi connectivity index (χ4v) is 8.35. The molecule has 23 heteroatoms. The molecule has 2 saturated heterocycles. The molecule has 4 aromatic rings. The molecule has 3 aliphatic heterocycles. The first-order chi connectivity index (χ1) is 23.5. The third-order valence-corrected chi connectivity index (χ3v) is 10.8. The first-order valence-electron chi connectivity index (χ1n) is 15.6. The van der Waals surface area contributed by atoms with Crippen LogP contribution in [0, 0.1) is 0 Å². The lowest BCUT2D eigenvalue weighted by atomic mass is 10.1. The lowest BCUT2D eigenvalue weighted by molar-refractivity contribution is -0.0457. The predicted molar refractivity (Wildman–Crippen MR) is 183 cm³/mol. The van der Waals surface area contributed by atoms with E-state index in [0.717, 1.165) is 36.2 Å². The molecule has 7 rings (SSSR count). The van der Waals surface area contributed by atoms with Gasteiger partial charge in [0.1, 0.15) is 35.6 Å². The van der Waals surface area contributed by atoms with E-state index in [1.54, 1.807) is 6.33 Å². The number of aliphatic hydroxyl groups excluding tert-OH is 1. The zero-order valence-electron chi connectivity index (χ0n) is 25.9. The van der Waals surface area contributed by atoms with Gasteiger partial charge in [0.05, 0.1) is 43.7 Å². The van der Waals surface area contributed by atoms with Crippen molar-refractivity contribution in [3.63, 3.8) is 0 Å². The van der Waals surface area contributed by atoms with Crippen molar-refractivity contribution in [2.75, 3.05) is 49.3 Å². The van der Waals surface area contributed by atoms with Crippen LogP contribution in [0.2, 0.25) is 0 Å². The van der Waals surface area contributed by atoms with Crippen molar-refractivity contribution < 1.29 is 42.5 Å². The highest BCUT2D eigenvalue weighted by Gasteiger charge is 2.43. The van der Waals surface area contributed by atoms with Gasteiger partial charge in [-0.25, -0.2) is 19.5 Å². The summed E-state index contributed by atoms with van der Waals surface area (Å²) in [5, 5.41) is 16.4. The minimum atomic E-state index is -4.03. The second-order valence-corrected chi connectivity index (χ2v) is 17.3. The normalized spacial score (nSPS) is 25.4. The smallest absolute Gasteiger partial charge is 0.386 e. The third kappa shape index (κ3) is 7.73. The molecular formula is C26H36N10O9P2S2. The molecule has 3 aliphatic rings. The lowest BCUT2D eigenvalue weighted by Gasteiger charge is -2.24. The first-order valence-corrected chi connectivity index (χ1v) is 20.9. The van der Waals surface area contributed by atoms with Gasteiger partial charge in [-0.15, -0.1) is 0 Å². The number of ether oxygens (including phenoxy) is 2. The SMILES string of the molecule is Nc1nc(NCCO)nc2c1ncn2[C@@H]1O[C@H](COP(O)(O)=S)C[C@H]1OP(=O)(S)OC[C@@H]1CC[C@H](n2cc3c4c(ncnc42)NCCC3)O1. The summed E-state index contributed by atoms with van der Waals surface area (Å²) < 4.78 is 46.4. The number of aromatic nitrogens is 7. The molecule has 19 nitrogen and oxygen atoms in total. The number of hydrogen-bond donors (Lipinski definition) is 7. The fourth-order valence-electron chi connectivity index (χ4n) is 6.30. The molecular weight excluding hydrogens is 722 g/mol. The predicted octanol–water partition coefficient (Wildman–Crippen LogP) is 2.25. The van der Waals surface area contributed by atoms with E-state index >= 15 is 0 Å². The average molecular weight is 759 g/mol. The van der Waals surface area contributed by atoms with Crippen molar-refractivity contribution in [1.82, 2.24) is 34.1 Å². The van der Waals surface area contributed by atoms with Gasteiger partial charge in [0, 0.05) is 25.7 Å². The van der Waals surface area contributed by atoms with E-state index < -0.39 is 32.0 Å². The van der Waals surface area contributed by atoms with Gasteiger partial charge in [0.15, 0.2) is 17.7 Å². The second kappa shape index (κ2) is 14.2. The van der Waals surface area contributed by atoms with Crippen LogP contribution in [0.5, 0.6) is 0 Å². The Hall–Kier alpha value is -2.52. The average Bonchev–Trinajstić information content (AvgIpc) is 3.83. The minimum absolute atomic E-state index is 0.0501. The number of anilines is 3. The summed E-state index contributed by atoms with van der Waals surface area (Å²) in [7, 11) is 0. The Bertz CT molecular complexity index is 1930. The molecule has 7 N–H and O–H groups in total. The van der Waals surface area contributed by atoms with Gasteiger partial charge >= 0.3 is 13.5 Å². The summed E-state index contributed by atoms with van der Waals surface area (Å²) in [6, 6.07) is 0. The Morgan fingerprint density at radius 1 is 1.12 bits per heavy atom. The van der Waals surface area contributed by atoms with Crippen LogP contribution in [0.1, 0.15) is 43.7 Å². The second-order valence-electron chi connectivity index (χ2n) is 11.8. The van der Waals surface area contributed by atoms with E-state index in [2.05, 4.69) is 65.8 Å². The highest BCUT2D eigenvalue weighted by molar-refractivity contribution is 8.44. The number of nitrogen functional groups attached to an aromatic ring is 1. The molecule has 1 unspecified atom stereocenters. The van der Waals surface area contributed by atoms with Crippen LogP contribution in [-0.4, -0.2) is 100 Å². The monoisotopic (exact) mass is 758 g/mol. The topological polar surface area (TPSA) is 248 Å². The maximum Gasteiger partial charge on any atom is 0.386 e. The number of aliphatic hydroxyl groups is 1. The van der Waals surface area contributed by atoms with Gasteiger partial charge in [0.2, 0.25) is 5.95 Å². The van der Waals surface area contributed by atoms with Gasteiger partial charge < -0.3 is 49.8 Å². The van der Waals surface area contributed by atoms with Crippen LogP contribution in [0.25, 0.3) is 22.2 Å². The van der Waals surface area contributed by atoms with E-state index in [4.69, 9.17) is 28.8 Å². The van der Waals surface area contributed by atoms with Crippen LogP contribution in [-0.2, 0) is 45.8 Å². The van der Waals surface area contributed by atoms with Crippen molar-refractivity contribution in [3.05, 3.63) is 24.4 Å². The Morgan fingerprint density at radius 3 is 2.78 bits per heavy atom. The molecule has 0 amide bonds. The number of rotatable bonds is 13.